The van der Waals surface area contributed by atoms with E-state index >= 15 is 0 Å². The van der Waals surface area contributed by atoms with Crippen molar-refractivity contribution in [3.63, 3.8) is 0 Å². The van der Waals surface area contributed by atoms with Crippen LogP contribution in [0, 0.1) is 10.4 Å². The van der Waals surface area contributed by atoms with Crippen molar-refractivity contribution < 1.29 is 0 Å². The third-order valence-corrected chi connectivity index (χ3v) is 7.05. The second-order valence-electron chi connectivity index (χ2n) is 9.09. The Morgan fingerprint density at radius 2 is 1.31 bits per heavy atom. The van der Waals surface area contributed by atoms with Gasteiger partial charge in [-0.1, -0.05) is 66.7 Å². The summed E-state index contributed by atoms with van der Waals surface area (Å²) in [7, 11) is 0. The zero-order valence-corrected chi connectivity index (χ0v) is 19.2. The van der Waals surface area contributed by atoms with Crippen LogP contribution < -0.4 is 10.7 Å². The minimum atomic E-state index is 0.834. The molecule has 0 saturated heterocycles. The fourth-order valence-electron chi connectivity index (χ4n) is 5.44. The highest BCUT2D eigenvalue weighted by Gasteiger charge is 2.27. The molecule has 36 heavy (non-hydrogen) atoms. The van der Waals surface area contributed by atoms with E-state index in [1.807, 2.05) is 42.6 Å². The molecule has 0 spiro atoms. The van der Waals surface area contributed by atoms with Crippen LogP contribution in [0.3, 0.4) is 0 Å². The van der Waals surface area contributed by atoms with Gasteiger partial charge in [0, 0.05) is 27.1 Å². The van der Waals surface area contributed by atoms with Crippen LogP contribution >= 0.6 is 0 Å². The molecule has 0 aliphatic carbocycles. The lowest BCUT2D eigenvalue weighted by molar-refractivity contribution is 1.29. The van der Waals surface area contributed by atoms with E-state index in [-0.39, 0.29) is 0 Å². The van der Waals surface area contributed by atoms with Crippen LogP contribution in [0.4, 0.5) is 11.4 Å². The largest absolute Gasteiger partial charge is 0.252 e. The van der Waals surface area contributed by atoms with Crippen molar-refractivity contribution in [3.8, 4) is 33.5 Å². The van der Waals surface area contributed by atoms with Crippen LogP contribution in [0.15, 0.2) is 119 Å². The van der Waals surface area contributed by atoms with Crippen molar-refractivity contribution in [2.24, 2.45) is 9.98 Å². The summed E-state index contributed by atoms with van der Waals surface area (Å²) >= 11 is 0. The molecule has 3 heterocycles. The molecule has 0 N–H and O–H groups in total. The molecule has 4 heteroatoms. The Labute approximate surface area is 206 Å². The van der Waals surface area contributed by atoms with Gasteiger partial charge in [0.25, 0.3) is 0 Å². The molecule has 0 saturated carbocycles. The van der Waals surface area contributed by atoms with E-state index in [1.165, 1.54) is 0 Å². The third kappa shape index (κ3) is 2.70. The maximum atomic E-state index is 5.08. The zero-order valence-electron chi connectivity index (χ0n) is 19.2. The van der Waals surface area contributed by atoms with Gasteiger partial charge in [-0.15, -0.1) is 0 Å². The fourth-order valence-corrected chi connectivity index (χ4v) is 5.44. The lowest BCUT2D eigenvalue weighted by atomic mass is 9.89. The van der Waals surface area contributed by atoms with E-state index in [9.17, 15) is 0 Å². The minimum absolute atomic E-state index is 0.834. The molecular formula is C32H18N4. The lowest BCUT2D eigenvalue weighted by Crippen LogP contribution is -2.02. The molecule has 5 aromatic carbocycles. The van der Waals surface area contributed by atoms with Crippen LogP contribution in [0.25, 0.3) is 44.5 Å². The van der Waals surface area contributed by atoms with Crippen molar-refractivity contribution in [3.05, 3.63) is 130 Å². The predicted octanol–water partition coefficient (Wildman–Crippen LogP) is 6.45. The van der Waals surface area contributed by atoms with Gasteiger partial charge < -0.3 is 0 Å². The zero-order chi connectivity index (χ0) is 23.6. The number of hydrogen-bond acceptors (Lipinski definition) is 4. The molecular weight excluding hydrogens is 440 g/mol. The molecule has 0 fully saturated rings. The van der Waals surface area contributed by atoms with Gasteiger partial charge in [-0.25, -0.2) is 15.0 Å². The monoisotopic (exact) mass is 458 g/mol. The standard InChI is InChI=1S/C32H18N4/c1-2-8-19(9-3-1)20-14-16-26-30(29(20)28-18-33-24-12-6-7-13-25(24)34-28)31-27(35-26)17-15-22-21-10-4-5-11-23(21)36-32(22)31/h1-18H. The van der Waals surface area contributed by atoms with Gasteiger partial charge in [-0.3, -0.25) is 4.98 Å². The molecule has 166 valence electrons. The SMILES string of the molecule is c1ccc(-c2ccc3c(c2-c2cnc4ccccc4n2)-c2c4c(ccc2=N3)=c2ccccc2=N4)cc1. The molecule has 1 aromatic heterocycles. The normalized spacial score (nSPS) is 12.3. The van der Waals surface area contributed by atoms with E-state index in [2.05, 4.69) is 66.7 Å². The van der Waals surface area contributed by atoms with Crippen molar-refractivity contribution >= 4 is 22.4 Å². The highest BCUT2D eigenvalue weighted by molar-refractivity contribution is 6.02. The molecule has 0 amide bonds. The summed E-state index contributed by atoms with van der Waals surface area (Å²) in [5.41, 5.74) is 9.93. The Balaban J connectivity index is 1.51. The summed E-state index contributed by atoms with van der Waals surface area (Å²) in [6.45, 7) is 0. The van der Waals surface area contributed by atoms with Gasteiger partial charge in [0.2, 0.25) is 0 Å². The van der Waals surface area contributed by atoms with Gasteiger partial charge in [-0.2, -0.15) is 0 Å². The maximum absolute atomic E-state index is 5.08. The topological polar surface area (TPSA) is 50.5 Å². The first kappa shape index (κ1) is 19.4. The average Bonchev–Trinajstić information content (AvgIpc) is 3.51. The molecule has 4 nitrogen and oxygen atoms in total. The van der Waals surface area contributed by atoms with E-state index in [0.29, 0.717) is 0 Å². The Hall–Kier alpha value is -4.96. The summed E-state index contributed by atoms with van der Waals surface area (Å²) in [5.74, 6) is 0. The summed E-state index contributed by atoms with van der Waals surface area (Å²) < 4.78 is 0. The maximum Gasteiger partial charge on any atom is 0.0906 e. The van der Waals surface area contributed by atoms with E-state index in [4.69, 9.17) is 20.0 Å². The third-order valence-electron chi connectivity index (χ3n) is 7.05. The van der Waals surface area contributed by atoms with Crippen LogP contribution in [-0.4, -0.2) is 9.97 Å². The van der Waals surface area contributed by atoms with Gasteiger partial charge >= 0.3 is 0 Å². The second kappa shape index (κ2) is 7.27. The van der Waals surface area contributed by atoms with E-state index < -0.39 is 0 Å². The molecule has 0 bridgehead atoms. The summed E-state index contributed by atoms with van der Waals surface area (Å²) in [6.07, 6.45) is 1.89. The Morgan fingerprint density at radius 1 is 0.500 bits per heavy atom. The quantitative estimate of drug-likeness (QED) is 0.299. The number of aromatic nitrogens is 2. The average molecular weight is 459 g/mol. The molecule has 0 unspecified atom stereocenters. The van der Waals surface area contributed by atoms with Crippen LogP contribution in [0.2, 0.25) is 0 Å². The first-order chi connectivity index (χ1) is 17.8. The first-order valence-corrected chi connectivity index (χ1v) is 12.0. The first-order valence-electron chi connectivity index (χ1n) is 12.0. The highest BCUT2D eigenvalue weighted by Crippen LogP contribution is 2.48. The number of hydrogen-bond donors (Lipinski definition) is 0. The van der Waals surface area contributed by atoms with Crippen LogP contribution in [-0.2, 0) is 0 Å². The van der Waals surface area contributed by atoms with Crippen molar-refractivity contribution in [1.29, 1.82) is 0 Å². The van der Waals surface area contributed by atoms with Crippen molar-refractivity contribution in [2.45, 2.75) is 0 Å². The highest BCUT2D eigenvalue weighted by atomic mass is 14.8. The lowest BCUT2D eigenvalue weighted by Gasteiger charge is -2.16. The van der Waals surface area contributed by atoms with Crippen LogP contribution in [0.1, 0.15) is 0 Å². The molecule has 6 aromatic rings. The van der Waals surface area contributed by atoms with Gasteiger partial charge in [0.1, 0.15) is 0 Å². The van der Waals surface area contributed by atoms with E-state index in [0.717, 1.165) is 77.1 Å². The second-order valence-corrected chi connectivity index (χ2v) is 9.09. The molecule has 0 atom stereocenters. The molecule has 2 aliphatic rings. The molecule has 2 aliphatic heterocycles. The fraction of sp³-hybridized carbons (Fsp3) is 0. The van der Waals surface area contributed by atoms with Gasteiger partial charge in [-0.05, 0) is 47.5 Å². The number of benzene rings is 5. The summed E-state index contributed by atoms with van der Waals surface area (Å²) in [4.78, 5) is 19.9. The van der Waals surface area contributed by atoms with Gasteiger partial charge in [0.05, 0.1) is 45.0 Å². The minimum Gasteiger partial charge on any atom is -0.252 e. The summed E-state index contributed by atoms with van der Waals surface area (Å²) in [6, 6.07) is 35.3. The van der Waals surface area contributed by atoms with Crippen molar-refractivity contribution in [2.75, 3.05) is 0 Å². The van der Waals surface area contributed by atoms with E-state index in [1.54, 1.807) is 0 Å². The Bertz CT molecular complexity index is 2100. The molecule has 8 rings (SSSR count). The molecule has 0 radical (unpaired) electrons. The van der Waals surface area contributed by atoms with Crippen molar-refractivity contribution in [1.82, 2.24) is 9.97 Å². The van der Waals surface area contributed by atoms with Gasteiger partial charge in [0.15, 0.2) is 0 Å². The Morgan fingerprint density at radius 3 is 2.22 bits per heavy atom. The summed E-state index contributed by atoms with van der Waals surface area (Å²) in [5, 5.41) is 4.25. The number of nitrogens with zero attached hydrogens (tertiary/aromatic N) is 4. The van der Waals surface area contributed by atoms with Crippen LogP contribution in [0.5, 0.6) is 0 Å². The number of para-hydroxylation sites is 3. The predicted molar refractivity (Wildman–Crippen MR) is 142 cm³/mol. The number of rotatable bonds is 2. The smallest absolute Gasteiger partial charge is 0.0906 e. The Kier molecular flexibility index (Phi) is 3.91. The number of fused-ring (bicyclic) bond motifs is 7.